The van der Waals surface area contributed by atoms with Gasteiger partial charge in [0.2, 0.25) is 0 Å². The average molecular weight is 153 g/mol. The van der Waals surface area contributed by atoms with Gasteiger partial charge in [0.15, 0.2) is 0 Å². The first-order chi connectivity index (χ1) is 5.11. The highest BCUT2D eigenvalue weighted by molar-refractivity contribution is 5.86. The highest BCUT2D eigenvalue weighted by Crippen LogP contribution is 1.94. The van der Waals surface area contributed by atoms with Crippen molar-refractivity contribution in [1.29, 1.82) is 0 Å². The molecular formula is C8H11NO2. The van der Waals surface area contributed by atoms with E-state index in [2.05, 4.69) is 11.2 Å². The van der Waals surface area contributed by atoms with Crippen LogP contribution in [-0.4, -0.2) is 24.2 Å². The van der Waals surface area contributed by atoms with Gasteiger partial charge in [-0.2, -0.15) is 0 Å². The molecule has 0 saturated heterocycles. The smallest absolute Gasteiger partial charge is 0.331 e. The second-order valence-electron chi connectivity index (χ2n) is 2.09. The fourth-order valence-corrected chi connectivity index (χ4v) is 0.536. The standard InChI is InChI=1S/C8H11NO2/c1-4-7(9-3)5-6(2)8(10)11/h1,5,7,9H,2-3H3,(H,10,11)/b6-5+/t7-/m0/s1. The van der Waals surface area contributed by atoms with Crippen LogP contribution in [0, 0.1) is 12.3 Å². The van der Waals surface area contributed by atoms with E-state index in [1.807, 2.05) is 0 Å². The number of hydrogen-bond acceptors (Lipinski definition) is 2. The van der Waals surface area contributed by atoms with Gasteiger partial charge in [-0.1, -0.05) is 5.92 Å². The highest BCUT2D eigenvalue weighted by Gasteiger charge is 2.02. The van der Waals surface area contributed by atoms with Crippen molar-refractivity contribution in [2.24, 2.45) is 0 Å². The van der Waals surface area contributed by atoms with Crippen molar-refractivity contribution < 1.29 is 9.90 Å². The second kappa shape index (κ2) is 4.53. The molecule has 0 aliphatic rings. The molecule has 0 aromatic rings. The summed E-state index contributed by atoms with van der Waals surface area (Å²) in [6.07, 6.45) is 6.57. The number of aliphatic carboxylic acids is 1. The van der Waals surface area contributed by atoms with Gasteiger partial charge in [0.25, 0.3) is 0 Å². The van der Waals surface area contributed by atoms with Gasteiger partial charge in [0.1, 0.15) is 0 Å². The molecule has 0 bridgehead atoms. The quantitative estimate of drug-likeness (QED) is 0.451. The van der Waals surface area contributed by atoms with Crippen LogP contribution in [0.1, 0.15) is 6.92 Å². The fourth-order valence-electron chi connectivity index (χ4n) is 0.536. The maximum absolute atomic E-state index is 10.3. The van der Waals surface area contributed by atoms with Gasteiger partial charge in [0, 0.05) is 5.57 Å². The Morgan fingerprint density at radius 3 is 2.64 bits per heavy atom. The summed E-state index contributed by atoms with van der Waals surface area (Å²) in [6, 6.07) is -0.300. The minimum absolute atomic E-state index is 0.252. The molecule has 0 fully saturated rings. The van der Waals surface area contributed by atoms with Crippen LogP contribution >= 0.6 is 0 Å². The van der Waals surface area contributed by atoms with Crippen LogP contribution in [0.2, 0.25) is 0 Å². The minimum atomic E-state index is -0.944. The largest absolute Gasteiger partial charge is 0.478 e. The van der Waals surface area contributed by atoms with Crippen molar-refractivity contribution in [2.75, 3.05) is 7.05 Å². The van der Waals surface area contributed by atoms with Gasteiger partial charge < -0.3 is 10.4 Å². The average Bonchev–Trinajstić information content (AvgIpc) is 1.99. The van der Waals surface area contributed by atoms with Crippen molar-refractivity contribution in [1.82, 2.24) is 5.32 Å². The monoisotopic (exact) mass is 153 g/mol. The summed E-state index contributed by atoms with van der Waals surface area (Å²) in [5, 5.41) is 11.2. The third kappa shape index (κ3) is 3.43. The summed E-state index contributed by atoms with van der Waals surface area (Å²) in [4.78, 5) is 10.3. The molecule has 0 aliphatic carbocycles. The normalized spacial score (nSPS) is 13.7. The maximum atomic E-state index is 10.3. The van der Waals surface area contributed by atoms with Gasteiger partial charge in [0.05, 0.1) is 6.04 Å². The predicted octanol–water partition coefficient (Wildman–Crippen LogP) is 0.238. The summed E-state index contributed by atoms with van der Waals surface area (Å²) < 4.78 is 0. The van der Waals surface area contributed by atoms with E-state index in [4.69, 9.17) is 11.5 Å². The zero-order valence-electron chi connectivity index (χ0n) is 6.59. The molecule has 0 aromatic heterocycles. The van der Waals surface area contributed by atoms with Crippen molar-refractivity contribution in [3.05, 3.63) is 11.6 Å². The molecule has 0 radical (unpaired) electrons. The third-order valence-electron chi connectivity index (χ3n) is 1.24. The number of carbonyl (C=O) groups is 1. The summed E-state index contributed by atoms with van der Waals surface area (Å²) in [5.74, 6) is 1.44. The molecule has 0 unspecified atom stereocenters. The predicted molar refractivity (Wildman–Crippen MR) is 43.1 cm³/mol. The SMILES string of the molecule is C#C[C@@H](/C=C(\C)C(=O)O)NC. The van der Waals surface area contributed by atoms with E-state index in [1.165, 1.54) is 13.0 Å². The van der Waals surface area contributed by atoms with Crippen LogP contribution in [0.4, 0.5) is 0 Å². The van der Waals surface area contributed by atoms with E-state index in [0.717, 1.165) is 0 Å². The number of carboxylic acid groups (broad SMARTS) is 1. The van der Waals surface area contributed by atoms with Gasteiger partial charge in [-0.05, 0) is 20.0 Å². The number of likely N-dealkylation sites (N-methyl/N-ethyl adjacent to an activating group) is 1. The minimum Gasteiger partial charge on any atom is -0.478 e. The van der Waals surface area contributed by atoms with Gasteiger partial charge in [-0.3, -0.25) is 0 Å². The van der Waals surface area contributed by atoms with E-state index in [9.17, 15) is 4.79 Å². The lowest BCUT2D eigenvalue weighted by Crippen LogP contribution is -2.21. The summed E-state index contributed by atoms with van der Waals surface area (Å²) in [6.45, 7) is 1.50. The maximum Gasteiger partial charge on any atom is 0.331 e. The Balaban J connectivity index is 4.29. The van der Waals surface area contributed by atoms with Crippen LogP contribution in [-0.2, 0) is 4.79 Å². The number of carboxylic acids is 1. The number of nitrogens with one attached hydrogen (secondary N) is 1. The van der Waals surface area contributed by atoms with Crippen LogP contribution < -0.4 is 5.32 Å². The molecule has 0 amide bonds. The number of rotatable bonds is 3. The van der Waals surface area contributed by atoms with Crippen molar-refractivity contribution in [3.63, 3.8) is 0 Å². The van der Waals surface area contributed by atoms with Gasteiger partial charge in [-0.25, -0.2) is 4.79 Å². The molecule has 0 heterocycles. The Morgan fingerprint density at radius 1 is 1.82 bits per heavy atom. The van der Waals surface area contributed by atoms with Gasteiger partial charge in [-0.15, -0.1) is 6.42 Å². The van der Waals surface area contributed by atoms with Crippen LogP contribution in [0.5, 0.6) is 0 Å². The Labute approximate surface area is 66.1 Å². The van der Waals surface area contributed by atoms with Crippen LogP contribution in [0.3, 0.4) is 0 Å². The van der Waals surface area contributed by atoms with Crippen LogP contribution in [0.25, 0.3) is 0 Å². The Hall–Kier alpha value is -1.27. The molecule has 60 valence electrons. The van der Waals surface area contributed by atoms with E-state index in [-0.39, 0.29) is 11.6 Å². The lowest BCUT2D eigenvalue weighted by atomic mass is 10.2. The molecule has 3 heteroatoms. The zero-order chi connectivity index (χ0) is 8.85. The Morgan fingerprint density at radius 2 is 2.36 bits per heavy atom. The first kappa shape index (κ1) is 9.73. The first-order valence-electron chi connectivity index (χ1n) is 3.17. The molecule has 3 nitrogen and oxygen atoms in total. The van der Waals surface area contributed by atoms with Crippen molar-refractivity contribution in [2.45, 2.75) is 13.0 Å². The van der Waals surface area contributed by atoms with Crippen LogP contribution in [0.15, 0.2) is 11.6 Å². The molecule has 2 N–H and O–H groups in total. The van der Waals surface area contributed by atoms with E-state index >= 15 is 0 Å². The molecule has 0 spiro atoms. The molecule has 0 aliphatic heterocycles. The summed E-state index contributed by atoms with van der Waals surface area (Å²) in [7, 11) is 1.68. The third-order valence-corrected chi connectivity index (χ3v) is 1.24. The van der Waals surface area contributed by atoms with Crippen molar-refractivity contribution in [3.8, 4) is 12.3 Å². The second-order valence-corrected chi connectivity index (χ2v) is 2.09. The zero-order valence-corrected chi connectivity index (χ0v) is 6.59. The fraction of sp³-hybridized carbons (Fsp3) is 0.375. The van der Waals surface area contributed by atoms with Gasteiger partial charge >= 0.3 is 5.97 Å². The first-order valence-corrected chi connectivity index (χ1v) is 3.17. The molecule has 1 atom stereocenters. The highest BCUT2D eigenvalue weighted by atomic mass is 16.4. The number of hydrogen-bond donors (Lipinski definition) is 2. The summed E-state index contributed by atoms with van der Waals surface area (Å²) in [5.41, 5.74) is 0.252. The van der Waals surface area contributed by atoms with E-state index < -0.39 is 5.97 Å². The lowest BCUT2D eigenvalue weighted by molar-refractivity contribution is -0.132. The molecule has 11 heavy (non-hydrogen) atoms. The Kier molecular flexibility index (Phi) is 4.01. The Bertz CT molecular complexity index is 213. The van der Waals surface area contributed by atoms with E-state index in [1.54, 1.807) is 7.05 Å². The summed E-state index contributed by atoms with van der Waals surface area (Å²) >= 11 is 0. The molecule has 0 saturated carbocycles. The molecule has 0 aromatic carbocycles. The molecular weight excluding hydrogens is 142 g/mol. The van der Waals surface area contributed by atoms with E-state index in [0.29, 0.717) is 0 Å². The lowest BCUT2D eigenvalue weighted by Gasteiger charge is -2.02. The topological polar surface area (TPSA) is 49.3 Å². The molecule has 0 rings (SSSR count). The number of terminal acetylenes is 1. The van der Waals surface area contributed by atoms with Crippen molar-refractivity contribution >= 4 is 5.97 Å².